The number of benzene rings is 6. The molecule has 0 aliphatic heterocycles. The van der Waals surface area contributed by atoms with Crippen LogP contribution >= 0.6 is 11.3 Å². The summed E-state index contributed by atoms with van der Waals surface area (Å²) in [5.74, 6) is 0.710. The Hall–Kier alpha value is -5.58. The van der Waals surface area contributed by atoms with E-state index in [0.29, 0.717) is 5.82 Å². The number of rotatable bonds is 4. The summed E-state index contributed by atoms with van der Waals surface area (Å²) in [5.41, 5.74) is 10.4. The highest BCUT2D eigenvalue weighted by atomic mass is 32.1. The molecule has 3 heterocycles. The molecule has 206 valence electrons. The van der Waals surface area contributed by atoms with Crippen molar-refractivity contribution in [3.05, 3.63) is 146 Å². The topological polar surface area (TPSA) is 38.9 Å². The average Bonchev–Trinajstić information content (AvgIpc) is 3.67. The van der Waals surface area contributed by atoms with Crippen LogP contribution in [0.3, 0.4) is 0 Å². The van der Waals surface area contributed by atoms with E-state index in [4.69, 9.17) is 14.4 Å². The molecule has 0 aliphatic rings. The normalized spacial score (nSPS) is 11.6. The van der Waals surface area contributed by atoms with Gasteiger partial charge in [0.1, 0.15) is 11.2 Å². The molecule has 0 spiro atoms. The molecule has 0 bridgehead atoms. The minimum absolute atomic E-state index is 0.710. The molecule has 0 saturated carbocycles. The van der Waals surface area contributed by atoms with E-state index in [1.54, 1.807) is 11.3 Å². The summed E-state index contributed by atoms with van der Waals surface area (Å²) in [6, 6.07) is 50.7. The molecule has 0 atom stereocenters. The Morgan fingerprint density at radius 3 is 1.95 bits per heavy atom. The van der Waals surface area contributed by atoms with Crippen molar-refractivity contribution in [1.82, 2.24) is 9.97 Å². The van der Waals surface area contributed by atoms with E-state index in [0.717, 1.165) is 59.9 Å². The molecular formula is C40H24N2OS. The first-order valence-corrected chi connectivity index (χ1v) is 15.5. The standard InChI is InChI=1S/C40H24N2OS/c1-3-11-25(12-4-1)27-15-9-16-29(23-27)40-41-37-31-22-21-28(26-13-5-2-6-14-26)24-35(31)44-39(37)38(42-40)32-18-10-20-34-36(32)30-17-7-8-19-33(30)43-34/h1-24H. The fourth-order valence-corrected chi connectivity index (χ4v) is 7.39. The van der Waals surface area contributed by atoms with Crippen molar-refractivity contribution in [2.75, 3.05) is 0 Å². The quantitative estimate of drug-likeness (QED) is 0.208. The first-order chi connectivity index (χ1) is 21.8. The summed E-state index contributed by atoms with van der Waals surface area (Å²) < 4.78 is 8.56. The SMILES string of the molecule is c1ccc(-c2cccc(-c3nc(-c4cccc5oc6ccccc6c45)c4sc5cc(-c6ccccc6)ccc5c4n3)c2)cc1. The Bertz CT molecular complexity index is 2490. The number of hydrogen-bond donors (Lipinski definition) is 0. The van der Waals surface area contributed by atoms with Crippen LogP contribution in [0.5, 0.6) is 0 Å². The maximum Gasteiger partial charge on any atom is 0.160 e. The van der Waals surface area contributed by atoms with Gasteiger partial charge in [0.2, 0.25) is 0 Å². The molecule has 9 rings (SSSR count). The molecule has 0 saturated heterocycles. The Morgan fingerprint density at radius 2 is 1.14 bits per heavy atom. The van der Waals surface area contributed by atoms with Gasteiger partial charge in [-0.2, -0.15) is 0 Å². The van der Waals surface area contributed by atoms with E-state index in [1.807, 2.05) is 24.3 Å². The molecule has 4 heteroatoms. The maximum absolute atomic E-state index is 6.29. The van der Waals surface area contributed by atoms with Crippen molar-refractivity contribution >= 4 is 53.6 Å². The average molecular weight is 581 g/mol. The van der Waals surface area contributed by atoms with Crippen LogP contribution in [-0.4, -0.2) is 9.97 Å². The van der Waals surface area contributed by atoms with Crippen LogP contribution in [0.2, 0.25) is 0 Å². The van der Waals surface area contributed by atoms with E-state index < -0.39 is 0 Å². The Morgan fingerprint density at radius 1 is 0.477 bits per heavy atom. The zero-order valence-electron chi connectivity index (χ0n) is 23.6. The van der Waals surface area contributed by atoms with Crippen LogP contribution in [0.15, 0.2) is 150 Å². The van der Waals surface area contributed by atoms with Crippen LogP contribution in [0.25, 0.3) is 87.1 Å². The Labute approximate surface area is 257 Å². The van der Waals surface area contributed by atoms with Gasteiger partial charge in [0.25, 0.3) is 0 Å². The maximum atomic E-state index is 6.29. The van der Waals surface area contributed by atoms with E-state index in [2.05, 4.69) is 121 Å². The second-order valence-electron chi connectivity index (χ2n) is 11.0. The molecule has 9 aromatic rings. The lowest BCUT2D eigenvalue weighted by Crippen LogP contribution is -1.94. The summed E-state index contributed by atoms with van der Waals surface area (Å²) in [5, 5.41) is 3.30. The smallest absolute Gasteiger partial charge is 0.160 e. The lowest BCUT2D eigenvalue weighted by Gasteiger charge is -2.10. The monoisotopic (exact) mass is 580 g/mol. The number of fused-ring (bicyclic) bond motifs is 6. The van der Waals surface area contributed by atoms with E-state index in [-0.39, 0.29) is 0 Å². The second-order valence-corrected chi connectivity index (χ2v) is 12.0. The summed E-state index contributed by atoms with van der Waals surface area (Å²) >= 11 is 1.76. The van der Waals surface area contributed by atoms with Gasteiger partial charge in [-0.05, 0) is 46.5 Å². The third-order valence-corrected chi connectivity index (χ3v) is 9.46. The summed E-state index contributed by atoms with van der Waals surface area (Å²) in [7, 11) is 0. The van der Waals surface area contributed by atoms with Crippen molar-refractivity contribution in [3.63, 3.8) is 0 Å². The zero-order chi connectivity index (χ0) is 29.0. The van der Waals surface area contributed by atoms with Gasteiger partial charge in [-0.3, -0.25) is 0 Å². The van der Waals surface area contributed by atoms with Crippen molar-refractivity contribution < 1.29 is 4.42 Å². The zero-order valence-corrected chi connectivity index (χ0v) is 24.4. The van der Waals surface area contributed by atoms with Gasteiger partial charge in [-0.25, -0.2) is 9.97 Å². The molecular weight excluding hydrogens is 557 g/mol. The second kappa shape index (κ2) is 10.0. The van der Waals surface area contributed by atoms with Crippen molar-refractivity contribution in [2.45, 2.75) is 0 Å². The van der Waals surface area contributed by atoms with E-state index >= 15 is 0 Å². The predicted molar refractivity (Wildman–Crippen MR) is 184 cm³/mol. The summed E-state index contributed by atoms with van der Waals surface area (Å²) in [6.45, 7) is 0. The van der Waals surface area contributed by atoms with Crippen LogP contribution in [0.4, 0.5) is 0 Å². The largest absolute Gasteiger partial charge is 0.456 e. The van der Waals surface area contributed by atoms with Gasteiger partial charge < -0.3 is 4.42 Å². The molecule has 3 nitrogen and oxygen atoms in total. The molecule has 0 fully saturated rings. The lowest BCUT2D eigenvalue weighted by atomic mass is 10.0. The van der Waals surface area contributed by atoms with Gasteiger partial charge in [-0.1, -0.05) is 121 Å². The minimum Gasteiger partial charge on any atom is -0.456 e. The van der Waals surface area contributed by atoms with Gasteiger partial charge in [-0.15, -0.1) is 11.3 Å². The number of para-hydroxylation sites is 1. The van der Waals surface area contributed by atoms with Gasteiger partial charge in [0.05, 0.1) is 15.9 Å². The highest BCUT2D eigenvalue weighted by Crippen LogP contribution is 2.44. The molecule has 0 aliphatic carbocycles. The Balaban J connectivity index is 1.34. The number of thiophene rings is 1. The fraction of sp³-hybridized carbons (Fsp3) is 0. The third kappa shape index (κ3) is 4.03. The Kier molecular flexibility index (Phi) is 5.68. The van der Waals surface area contributed by atoms with Crippen molar-refractivity contribution in [3.8, 4) is 44.9 Å². The molecule has 0 amide bonds. The fourth-order valence-electron chi connectivity index (χ4n) is 6.20. The number of nitrogens with zero attached hydrogens (tertiary/aromatic N) is 2. The van der Waals surface area contributed by atoms with Crippen LogP contribution < -0.4 is 0 Å². The van der Waals surface area contributed by atoms with Crippen molar-refractivity contribution in [2.24, 2.45) is 0 Å². The first kappa shape index (κ1) is 25.0. The van der Waals surface area contributed by atoms with E-state index in [1.165, 1.54) is 21.4 Å². The molecule has 0 N–H and O–H groups in total. The highest BCUT2D eigenvalue weighted by Gasteiger charge is 2.21. The van der Waals surface area contributed by atoms with Gasteiger partial charge in [0, 0.05) is 32.0 Å². The first-order valence-electron chi connectivity index (χ1n) is 14.7. The molecule has 0 radical (unpaired) electrons. The number of aromatic nitrogens is 2. The lowest BCUT2D eigenvalue weighted by molar-refractivity contribution is 0.669. The van der Waals surface area contributed by atoms with Crippen molar-refractivity contribution in [1.29, 1.82) is 0 Å². The molecule has 0 unspecified atom stereocenters. The van der Waals surface area contributed by atoms with Crippen LogP contribution in [-0.2, 0) is 0 Å². The van der Waals surface area contributed by atoms with E-state index in [9.17, 15) is 0 Å². The molecule has 3 aromatic heterocycles. The summed E-state index contributed by atoms with van der Waals surface area (Å²) in [6.07, 6.45) is 0. The molecule has 44 heavy (non-hydrogen) atoms. The highest BCUT2D eigenvalue weighted by molar-refractivity contribution is 7.26. The van der Waals surface area contributed by atoms with Crippen LogP contribution in [0.1, 0.15) is 0 Å². The number of furan rings is 1. The van der Waals surface area contributed by atoms with Gasteiger partial charge >= 0.3 is 0 Å². The molecule has 6 aromatic carbocycles. The minimum atomic E-state index is 0.710. The van der Waals surface area contributed by atoms with Gasteiger partial charge in [0.15, 0.2) is 5.82 Å². The third-order valence-electron chi connectivity index (χ3n) is 8.31. The van der Waals surface area contributed by atoms with Crippen LogP contribution in [0, 0.1) is 0 Å². The summed E-state index contributed by atoms with van der Waals surface area (Å²) in [4.78, 5) is 10.6. The number of hydrogen-bond acceptors (Lipinski definition) is 4. The predicted octanol–water partition coefficient (Wildman–Crippen LogP) is 11.4.